The Labute approximate surface area is 135 Å². The fraction of sp³-hybridized carbons (Fsp3) is 0.333. The Morgan fingerprint density at radius 1 is 1.30 bits per heavy atom. The summed E-state index contributed by atoms with van der Waals surface area (Å²) in [6, 6.07) is 7.62. The highest BCUT2D eigenvalue weighted by atomic mass is 32.2. The van der Waals surface area contributed by atoms with Crippen LogP contribution >= 0.6 is 0 Å². The second-order valence-electron chi connectivity index (χ2n) is 5.33. The van der Waals surface area contributed by atoms with E-state index in [4.69, 9.17) is 0 Å². The van der Waals surface area contributed by atoms with Crippen molar-refractivity contribution < 1.29 is 18.3 Å². The van der Waals surface area contributed by atoms with Crippen molar-refractivity contribution in [1.82, 2.24) is 14.5 Å². The highest BCUT2D eigenvalue weighted by Gasteiger charge is 2.29. The topological polar surface area (TPSA) is 101 Å². The van der Waals surface area contributed by atoms with E-state index < -0.39 is 22.0 Å². The first-order chi connectivity index (χ1) is 10.7. The van der Waals surface area contributed by atoms with E-state index >= 15 is 0 Å². The Bertz CT molecular complexity index is 813. The van der Waals surface area contributed by atoms with Gasteiger partial charge in [-0.3, -0.25) is 9.48 Å². The molecule has 8 heteroatoms. The van der Waals surface area contributed by atoms with E-state index in [0.29, 0.717) is 11.4 Å². The number of benzene rings is 1. The highest BCUT2D eigenvalue weighted by molar-refractivity contribution is 7.89. The number of aliphatic carboxylic acids is 1. The molecule has 0 amide bonds. The summed E-state index contributed by atoms with van der Waals surface area (Å²) in [5.74, 6) is -1.23. The van der Waals surface area contributed by atoms with Gasteiger partial charge in [-0.15, -0.1) is 0 Å². The van der Waals surface area contributed by atoms with Crippen LogP contribution in [0.15, 0.2) is 35.2 Å². The van der Waals surface area contributed by atoms with Gasteiger partial charge in [0.15, 0.2) is 0 Å². The number of rotatable bonds is 6. The molecule has 2 rings (SSSR count). The number of carbonyl (C=O) groups is 1. The van der Waals surface area contributed by atoms with Gasteiger partial charge in [0, 0.05) is 7.05 Å². The van der Waals surface area contributed by atoms with Crippen molar-refractivity contribution in [3.05, 3.63) is 47.3 Å². The number of nitrogens with one attached hydrogen (secondary N) is 1. The van der Waals surface area contributed by atoms with Crippen molar-refractivity contribution in [3.63, 3.8) is 0 Å². The number of hydrogen-bond acceptors (Lipinski definition) is 4. The zero-order valence-corrected chi connectivity index (χ0v) is 14.0. The van der Waals surface area contributed by atoms with Crippen molar-refractivity contribution in [2.45, 2.75) is 31.2 Å². The number of nitrogens with zero attached hydrogens (tertiary/aromatic N) is 2. The summed E-state index contributed by atoms with van der Waals surface area (Å²) < 4.78 is 28.9. The van der Waals surface area contributed by atoms with E-state index in [9.17, 15) is 18.3 Å². The maximum Gasteiger partial charge on any atom is 0.322 e. The normalized spacial score (nSPS) is 13.0. The molecule has 0 unspecified atom stereocenters. The first kappa shape index (κ1) is 17.2. The standard InChI is InChI=1S/C15H19N3O4S/c1-10-14(11(2)18(3)16-10)23(21,22)17-13(15(19)20)9-12-7-5-4-6-8-12/h4-8,13,17H,9H2,1-3H3,(H,19,20)/t13-/m0/s1. The Balaban J connectivity index is 2.30. The molecule has 23 heavy (non-hydrogen) atoms. The van der Waals surface area contributed by atoms with Gasteiger partial charge < -0.3 is 5.11 Å². The highest BCUT2D eigenvalue weighted by Crippen LogP contribution is 2.19. The molecule has 1 heterocycles. The molecule has 2 N–H and O–H groups in total. The van der Waals surface area contributed by atoms with Crippen LogP contribution in [0.3, 0.4) is 0 Å². The molecule has 0 fully saturated rings. The zero-order valence-electron chi connectivity index (χ0n) is 13.1. The Hall–Kier alpha value is -2.19. The Morgan fingerprint density at radius 2 is 1.91 bits per heavy atom. The number of hydrogen-bond donors (Lipinski definition) is 2. The molecule has 124 valence electrons. The summed E-state index contributed by atoms with van der Waals surface area (Å²) in [7, 11) is -2.34. The van der Waals surface area contributed by atoms with Gasteiger partial charge in [-0.05, 0) is 25.8 Å². The smallest absolute Gasteiger partial charge is 0.322 e. The molecule has 0 aliphatic rings. The molecule has 2 aromatic rings. The van der Waals surface area contributed by atoms with Gasteiger partial charge >= 0.3 is 5.97 Å². The van der Waals surface area contributed by atoms with E-state index in [-0.39, 0.29) is 11.3 Å². The quantitative estimate of drug-likeness (QED) is 0.819. The van der Waals surface area contributed by atoms with E-state index in [1.165, 1.54) is 4.68 Å². The van der Waals surface area contributed by atoms with Crippen LogP contribution in [-0.4, -0.2) is 35.3 Å². The van der Waals surface area contributed by atoms with Crippen molar-refractivity contribution >= 4 is 16.0 Å². The number of sulfonamides is 1. The molecule has 0 spiro atoms. The van der Waals surface area contributed by atoms with Crippen LogP contribution < -0.4 is 4.72 Å². The Morgan fingerprint density at radius 3 is 2.39 bits per heavy atom. The van der Waals surface area contributed by atoms with Crippen molar-refractivity contribution in [2.24, 2.45) is 7.05 Å². The maximum atomic E-state index is 12.6. The Kier molecular flexibility index (Phi) is 4.86. The average molecular weight is 337 g/mol. The number of carboxylic acids is 1. The van der Waals surface area contributed by atoms with Gasteiger partial charge in [0.05, 0.1) is 11.4 Å². The molecule has 1 aromatic heterocycles. The van der Waals surface area contributed by atoms with E-state index in [2.05, 4.69) is 9.82 Å². The SMILES string of the molecule is Cc1nn(C)c(C)c1S(=O)(=O)N[C@@H](Cc1ccccc1)C(=O)O. The molecule has 0 saturated heterocycles. The molecule has 1 aromatic carbocycles. The van der Waals surface area contributed by atoms with Crippen LogP contribution in [0.2, 0.25) is 0 Å². The third-order valence-corrected chi connectivity index (χ3v) is 5.31. The second kappa shape index (κ2) is 6.51. The summed E-state index contributed by atoms with van der Waals surface area (Å²) in [5, 5.41) is 13.4. The van der Waals surface area contributed by atoms with Gasteiger partial charge in [0.25, 0.3) is 0 Å². The summed E-state index contributed by atoms with van der Waals surface area (Å²) >= 11 is 0. The van der Waals surface area contributed by atoms with E-state index in [0.717, 1.165) is 5.56 Å². The zero-order chi connectivity index (χ0) is 17.2. The number of carboxylic acid groups (broad SMARTS) is 1. The predicted octanol–water partition coefficient (Wildman–Crippen LogP) is 1.01. The minimum Gasteiger partial charge on any atom is -0.480 e. The minimum atomic E-state index is -3.98. The van der Waals surface area contributed by atoms with Gasteiger partial charge in [-0.2, -0.15) is 9.82 Å². The van der Waals surface area contributed by atoms with Crippen LogP contribution in [0.1, 0.15) is 17.0 Å². The third-order valence-electron chi connectivity index (χ3n) is 3.59. The predicted molar refractivity (Wildman–Crippen MR) is 84.6 cm³/mol. The van der Waals surface area contributed by atoms with E-state index in [1.807, 2.05) is 6.07 Å². The first-order valence-corrected chi connectivity index (χ1v) is 8.50. The molecular weight excluding hydrogens is 318 g/mol. The maximum absolute atomic E-state index is 12.6. The van der Waals surface area contributed by atoms with Crippen LogP contribution in [0.5, 0.6) is 0 Å². The fourth-order valence-corrected chi connectivity index (χ4v) is 4.05. The molecule has 0 bridgehead atoms. The lowest BCUT2D eigenvalue weighted by Gasteiger charge is -2.15. The summed E-state index contributed by atoms with van der Waals surface area (Å²) in [5.41, 5.74) is 1.53. The summed E-state index contributed by atoms with van der Waals surface area (Å²) in [6.45, 7) is 3.20. The van der Waals surface area contributed by atoms with Crippen molar-refractivity contribution in [3.8, 4) is 0 Å². The number of aryl methyl sites for hydroxylation is 2. The number of aromatic nitrogens is 2. The minimum absolute atomic E-state index is 0.0271. The third kappa shape index (κ3) is 3.77. The molecule has 7 nitrogen and oxygen atoms in total. The van der Waals surface area contributed by atoms with Gasteiger partial charge in [-0.1, -0.05) is 30.3 Å². The largest absolute Gasteiger partial charge is 0.480 e. The van der Waals surface area contributed by atoms with Crippen LogP contribution in [0, 0.1) is 13.8 Å². The van der Waals surface area contributed by atoms with Gasteiger partial charge in [0.1, 0.15) is 10.9 Å². The summed E-state index contributed by atoms with van der Waals surface area (Å²) in [6.07, 6.45) is 0.0633. The molecular formula is C15H19N3O4S. The fourth-order valence-electron chi connectivity index (χ4n) is 2.42. The van der Waals surface area contributed by atoms with Gasteiger partial charge in [0.2, 0.25) is 10.0 Å². The average Bonchev–Trinajstić information content (AvgIpc) is 2.72. The van der Waals surface area contributed by atoms with Gasteiger partial charge in [-0.25, -0.2) is 8.42 Å². The van der Waals surface area contributed by atoms with Crippen LogP contribution in [-0.2, 0) is 28.3 Å². The monoisotopic (exact) mass is 337 g/mol. The van der Waals surface area contributed by atoms with Crippen LogP contribution in [0.25, 0.3) is 0 Å². The van der Waals surface area contributed by atoms with Crippen molar-refractivity contribution in [1.29, 1.82) is 0 Å². The molecule has 0 saturated carbocycles. The summed E-state index contributed by atoms with van der Waals surface area (Å²) in [4.78, 5) is 11.5. The lowest BCUT2D eigenvalue weighted by atomic mass is 10.1. The van der Waals surface area contributed by atoms with E-state index in [1.54, 1.807) is 45.2 Å². The molecule has 0 aliphatic carbocycles. The second-order valence-corrected chi connectivity index (χ2v) is 6.98. The van der Waals surface area contributed by atoms with Crippen LogP contribution in [0.4, 0.5) is 0 Å². The first-order valence-electron chi connectivity index (χ1n) is 7.01. The lowest BCUT2D eigenvalue weighted by molar-refractivity contribution is -0.138. The molecule has 0 radical (unpaired) electrons. The lowest BCUT2D eigenvalue weighted by Crippen LogP contribution is -2.42. The van der Waals surface area contributed by atoms with Crippen molar-refractivity contribution in [2.75, 3.05) is 0 Å². The molecule has 1 atom stereocenters. The molecule has 0 aliphatic heterocycles.